The van der Waals surface area contributed by atoms with Crippen molar-refractivity contribution in [1.29, 1.82) is 0 Å². The second-order valence-corrected chi connectivity index (χ2v) is 6.05. The molecule has 0 saturated carbocycles. The highest BCUT2D eigenvalue weighted by atomic mass is 32.2. The normalized spacial score (nSPS) is 11.7. The van der Waals surface area contributed by atoms with Crippen molar-refractivity contribution in [3.8, 4) is 0 Å². The van der Waals surface area contributed by atoms with Gasteiger partial charge in [0.05, 0.1) is 4.90 Å². The van der Waals surface area contributed by atoms with E-state index in [1.165, 1.54) is 6.07 Å². The van der Waals surface area contributed by atoms with Gasteiger partial charge < -0.3 is 4.74 Å². The smallest absolute Gasteiger partial charge is 0.294 e. The van der Waals surface area contributed by atoms with Crippen LogP contribution in [-0.4, -0.2) is 26.2 Å². The lowest BCUT2D eigenvalue weighted by atomic mass is 10.1. The summed E-state index contributed by atoms with van der Waals surface area (Å²) in [7, 11) is -4.14. The van der Waals surface area contributed by atoms with Gasteiger partial charge in [0.2, 0.25) is 0 Å². The Bertz CT molecular complexity index is 494. The summed E-state index contributed by atoms with van der Waals surface area (Å²) in [5.41, 5.74) is 1.64. The maximum atomic E-state index is 11.3. The van der Waals surface area contributed by atoms with E-state index in [-0.39, 0.29) is 4.90 Å². The molecule has 0 bridgehead atoms. The highest BCUT2D eigenvalue weighted by molar-refractivity contribution is 7.85. The van der Waals surface area contributed by atoms with Crippen LogP contribution < -0.4 is 0 Å². The molecule has 0 spiro atoms. The largest absolute Gasteiger partial charge is 0.381 e. The van der Waals surface area contributed by atoms with Gasteiger partial charge in [0, 0.05) is 13.2 Å². The number of rotatable bonds is 8. The molecule has 1 rings (SSSR count). The van der Waals surface area contributed by atoms with Crippen LogP contribution in [0.3, 0.4) is 0 Å². The van der Waals surface area contributed by atoms with E-state index >= 15 is 0 Å². The minimum Gasteiger partial charge on any atom is -0.381 e. The van der Waals surface area contributed by atoms with Crippen LogP contribution in [-0.2, 0) is 21.3 Å². The molecular weight excluding hydrogens is 264 g/mol. The second-order valence-electron chi connectivity index (χ2n) is 4.66. The van der Waals surface area contributed by atoms with Crippen LogP contribution >= 0.6 is 0 Å². The van der Waals surface area contributed by atoms with Gasteiger partial charge in [0.25, 0.3) is 10.1 Å². The molecule has 5 heteroatoms. The molecular formula is C14H22O4S. The Morgan fingerprint density at radius 2 is 1.89 bits per heavy atom. The molecule has 0 heterocycles. The number of hydrogen-bond acceptors (Lipinski definition) is 3. The van der Waals surface area contributed by atoms with Crippen LogP contribution in [0.1, 0.15) is 37.3 Å². The van der Waals surface area contributed by atoms with Crippen LogP contribution in [0.5, 0.6) is 0 Å². The van der Waals surface area contributed by atoms with Crippen molar-refractivity contribution < 1.29 is 17.7 Å². The monoisotopic (exact) mass is 286 g/mol. The Hall–Kier alpha value is -0.910. The Balaban J connectivity index is 2.60. The zero-order chi connectivity index (χ0) is 14.3. The maximum Gasteiger partial charge on any atom is 0.294 e. The SMILES string of the molecule is CCCCOCCCc1cc(C)ccc1S(=O)(=O)O. The van der Waals surface area contributed by atoms with Crippen molar-refractivity contribution in [1.82, 2.24) is 0 Å². The second kappa shape index (κ2) is 7.62. The Kier molecular flexibility index (Phi) is 6.48. The third-order valence-electron chi connectivity index (χ3n) is 2.87. The molecule has 0 aliphatic rings. The molecule has 0 aliphatic carbocycles. The molecule has 4 nitrogen and oxygen atoms in total. The molecule has 1 aromatic rings. The van der Waals surface area contributed by atoms with E-state index in [0.717, 1.165) is 31.4 Å². The molecule has 0 radical (unpaired) electrons. The number of unbranched alkanes of at least 4 members (excludes halogenated alkanes) is 1. The fourth-order valence-corrected chi connectivity index (χ4v) is 2.60. The van der Waals surface area contributed by atoms with Gasteiger partial charge >= 0.3 is 0 Å². The molecule has 0 unspecified atom stereocenters. The Morgan fingerprint density at radius 3 is 2.53 bits per heavy atom. The molecule has 0 aromatic heterocycles. The fourth-order valence-electron chi connectivity index (χ4n) is 1.87. The van der Waals surface area contributed by atoms with Crippen molar-refractivity contribution in [3.05, 3.63) is 29.3 Å². The standard InChI is InChI=1S/C14H22O4S/c1-3-4-9-18-10-5-6-13-11-12(2)7-8-14(13)19(15,16)17/h7-8,11H,3-6,9-10H2,1-2H3,(H,15,16,17). The highest BCUT2D eigenvalue weighted by Gasteiger charge is 2.14. The van der Waals surface area contributed by atoms with Crippen molar-refractivity contribution in [3.63, 3.8) is 0 Å². The first-order chi connectivity index (χ1) is 8.95. The van der Waals surface area contributed by atoms with Gasteiger partial charge in [-0.15, -0.1) is 0 Å². The summed E-state index contributed by atoms with van der Waals surface area (Å²) in [6.45, 7) is 5.36. The molecule has 0 amide bonds. The van der Waals surface area contributed by atoms with Gasteiger partial charge in [-0.1, -0.05) is 31.0 Å². The summed E-state index contributed by atoms with van der Waals surface area (Å²) in [6, 6.07) is 4.94. The lowest BCUT2D eigenvalue weighted by Crippen LogP contribution is -2.05. The minimum absolute atomic E-state index is 0.00616. The number of ether oxygens (including phenoxy) is 1. The minimum atomic E-state index is -4.14. The summed E-state index contributed by atoms with van der Waals surface area (Å²) < 4.78 is 37.1. The van der Waals surface area contributed by atoms with Crippen molar-refractivity contribution in [2.45, 2.75) is 44.4 Å². The van der Waals surface area contributed by atoms with Crippen LogP contribution in [0.4, 0.5) is 0 Å². The lowest BCUT2D eigenvalue weighted by Gasteiger charge is -2.08. The van der Waals surface area contributed by atoms with E-state index in [0.29, 0.717) is 18.6 Å². The van der Waals surface area contributed by atoms with E-state index in [9.17, 15) is 13.0 Å². The first-order valence-corrected chi connectivity index (χ1v) is 8.04. The topological polar surface area (TPSA) is 63.6 Å². The molecule has 0 atom stereocenters. The fraction of sp³-hybridized carbons (Fsp3) is 0.571. The van der Waals surface area contributed by atoms with E-state index in [2.05, 4.69) is 6.92 Å². The first kappa shape index (κ1) is 16.1. The molecule has 1 aromatic carbocycles. The van der Waals surface area contributed by atoms with Gasteiger partial charge in [-0.2, -0.15) is 8.42 Å². The van der Waals surface area contributed by atoms with Gasteiger partial charge in [0.1, 0.15) is 0 Å². The van der Waals surface area contributed by atoms with E-state index in [1.54, 1.807) is 12.1 Å². The van der Waals surface area contributed by atoms with E-state index < -0.39 is 10.1 Å². The third-order valence-corrected chi connectivity index (χ3v) is 3.83. The predicted octanol–water partition coefficient (Wildman–Crippen LogP) is 2.99. The van der Waals surface area contributed by atoms with Crippen LogP contribution in [0.2, 0.25) is 0 Å². The Morgan fingerprint density at radius 1 is 1.21 bits per heavy atom. The quantitative estimate of drug-likeness (QED) is 0.589. The summed E-state index contributed by atoms with van der Waals surface area (Å²) in [5.74, 6) is 0. The number of benzene rings is 1. The number of hydrogen-bond donors (Lipinski definition) is 1. The van der Waals surface area contributed by atoms with Gasteiger partial charge in [-0.3, -0.25) is 4.55 Å². The van der Waals surface area contributed by atoms with E-state index in [4.69, 9.17) is 4.74 Å². The van der Waals surface area contributed by atoms with Crippen LogP contribution in [0, 0.1) is 6.92 Å². The van der Waals surface area contributed by atoms with Gasteiger partial charge in [0.15, 0.2) is 0 Å². The molecule has 108 valence electrons. The highest BCUT2D eigenvalue weighted by Crippen LogP contribution is 2.18. The van der Waals surface area contributed by atoms with Crippen molar-refractivity contribution in [2.75, 3.05) is 13.2 Å². The van der Waals surface area contributed by atoms with Crippen LogP contribution in [0.15, 0.2) is 23.1 Å². The molecule has 0 fully saturated rings. The average molecular weight is 286 g/mol. The summed E-state index contributed by atoms with van der Waals surface area (Å²) >= 11 is 0. The lowest BCUT2D eigenvalue weighted by molar-refractivity contribution is 0.129. The summed E-state index contributed by atoms with van der Waals surface area (Å²) in [6.07, 6.45) is 3.48. The first-order valence-electron chi connectivity index (χ1n) is 6.60. The molecule has 0 saturated heterocycles. The average Bonchev–Trinajstić information content (AvgIpc) is 2.32. The maximum absolute atomic E-state index is 11.3. The third kappa shape index (κ3) is 5.72. The molecule has 1 N–H and O–H groups in total. The summed E-state index contributed by atoms with van der Waals surface area (Å²) in [5, 5.41) is 0. The van der Waals surface area contributed by atoms with Gasteiger partial charge in [-0.25, -0.2) is 0 Å². The zero-order valence-electron chi connectivity index (χ0n) is 11.6. The summed E-state index contributed by atoms with van der Waals surface area (Å²) in [4.78, 5) is 0.00616. The molecule has 0 aliphatic heterocycles. The number of aryl methyl sites for hydroxylation is 2. The Labute approximate surface area is 115 Å². The molecule has 19 heavy (non-hydrogen) atoms. The zero-order valence-corrected chi connectivity index (χ0v) is 12.4. The van der Waals surface area contributed by atoms with Crippen LogP contribution in [0.25, 0.3) is 0 Å². The van der Waals surface area contributed by atoms with Gasteiger partial charge in [-0.05, 0) is 37.8 Å². The predicted molar refractivity (Wildman–Crippen MR) is 75.0 cm³/mol. The van der Waals surface area contributed by atoms with Crippen molar-refractivity contribution >= 4 is 10.1 Å². The van der Waals surface area contributed by atoms with Crippen molar-refractivity contribution in [2.24, 2.45) is 0 Å². The van der Waals surface area contributed by atoms with E-state index in [1.807, 2.05) is 6.92 Å².